The number of nitrogens with zero attached hydrogens (tertiary/aromatic N) is 1. The summed E-state index contributed by atoms with van der Waals surface area (Å²) in [6, 6.07) is 0.469. The Hall–Kier alpha value is -0.330. The average Bonchev–Trinajstić information content (AvgIpc) is 2.25. The van der Waals surface area contributed by atoms with Crippen LogP contribution >= 0.6 is 0 Å². The predicted octanol–water partition coefficient (Wildman–Crippen LogP) is 1.64. The van der Waals surface area contributed by atoms with E-state index in [1.165, 1.54) is 12.8 Å². The van der Waals surface area contributed by atoms with Crippen molar-refractivity contribution in [1.82, 2.24) is 10.2 Å². The van der Waals surface area contributed by atoms with E-state index in [-0.39, 0.29) is 6.61 Å². The normalized spacial score (nSPS) is 22.1. The first kappa shape index (κ1) is 14.7. The minimum atomic E-state index is -4.22. The van der Waals surface area contributed by atoms with Crippen molar-refractivity contribution < 1.29 is 17.9 Å². The Morgan fingerprint density at radius 2 is 2.12 bits per heavy atom. The summed E-state index contributed by atoms with van der Waals surface area (Å²) in [7, 11) is 1.91. The highest BCUT2D eigenvalue weighted by Gasteiger charge is 2.27. The minimum Gasteiger partial charge on any atom is -0.371 e. The fourth-order valence-electron chi connectivity index (χ4n) is 1.96. The van der Waals surface area contributed by atoms with Gasteiger partial charge in [0.25, 0.3) is 0 Å². The summed E-state index contributed by atoms with van der Waals surface area (Å²) in [5.74, 6) is 0. The van der Waals surface area contributed by atoms with Crippen LogP contribution in [0, 0.1) is 0 Å². The van der Waals surface area contributed by atoms with Crippen molar-refractivity contribution in [3.8, 4) is 0 Å². The number of rotatable bonds is 6. The lowest BCUT2D eigenvalue weighted by molar-refractivity contribution is -0.174. The molecule has 0 aromatic rings. The molecule has 1 rings (SSSR count). The van der Waals surface area contributed by atoms with Crippen LogP contribution in [0.1, 0.15) is 19.3 Å². The zero-order valence-electron chi connectivity index (χ0n) is 10.2. The Labute approximate surface area is 100 Å². The summed E-state index contributed by atoms with van der Waals surface area (Å²) < 4.78 is 40.0. The highest BCUT2D eigenvalue weighted by atomic mass is 19.4. The topological polar surface area (TPSA) is 24.5 Å². The van der Waals surface area contributed by atoms with Gasteiger partial charge in [-0.05, 0) is 26.4 Å². The van der Waals surface area contributed by atoms with Gasteiger partial charge < -0.3 is 15.0 Å². The Balaban J connectivity index is 2.02. The van der Waals surface area contributed by atoms with Crippen LogP contribution in [0.25, 0.3) is 0 Å². The quantitative estimate of drug-likeness (QED) is 0.729. The van der Waals surface area contributed by atoms with Crippen LogP contribution in [0.2, 0.25) is 0 Å². The molecule has 0 aromatic heterocycles. The largest absolute Gasteiger partial charge is 0.411 e. The summed E-state index contributed by atoms with van der Waals surface area (Å²) in [5.41, 5.74) is 0. The maximum Gasteiger partial charge on any atom is 0.411 e. The van der Waals surface area contributed by atoms with Crippen LogP contribution < -0.4 is 5.32 Å². The first-order valence-electron chi connectivity index (χ1n) is 6.04. The Morgan fingerprint density at radius 1 is 1.35 bits per heavy atom. The van der Waals surface area contributed by atoms with E-state index in [1.54, 1.807) is 0 Å². The molecule has 0 aliphatic carbocycles. The lowest BCUT2D eigenvalue weighted by Crippen LogP contribution is -2.43. The number of halogens is 3. The third kappa shape index (κ3) is 7.57. The van der Waals surface area contributed by atoms with Crippen molar-refractivity contribution in [2.45, 2.75) is 31.5 Å². The third-order valence-corrected chi connectivity index (χ3v) is 2.83. The molecule has 1 saturated heterocycles. The molecule has 1 aliphatic heterocycles. The highest BCUT2D eigenvalue weighted by molar-refractivity contribution is 4.74. The molecule has 1 heterocycles. The maximum absolute atomic E-state index is 11.8. The number of ether oxygens (including phenoxy) is 1. The van der Waals surface area contributed by atoms with Gasteiger partial charge in [-0.1, -0.05) is 6.42 Å². The van der Waals surface area contributed by atoms with Crippen molar-refractivity contribution in [1.29, 1.82) is 0 Å². The first-order valence-corrected chi connectivity index (χ1v) is 6.04. The molecule has 1 fully saturated rings. The number of hydrogen-bond acceptors (Lipinski definition) is 3. The van der Waals surface area contributed by atoms with Crippen molar-refractivity contribution in [3.05, 3.63) is 0 Å². The van der Waals surface area contributed by atoms with Gasteiger partial charge in [-0.2, -0.15) is 13.2 Å². The van der Waals surface area contributed by atoms with Gasteiger partial charge in [0.1, 0.15) is 6.61 Å². The van der Waals surface area contributed by atoms with Gasteiger partial charge in [0.2, 0.25) is 0 Å². The molecule has 0 amide bonds. The monoisotopic (exact) mass is 254 g/mol. The molecule has 0 spiro atoms. The molecule has 0 radical (unpaired) electrons. The molecule has 17 heavy (non-hydrogen) atoms. The molecule has 102 valence electrons. The molecule has 6 heteroatoms. The first-order chi connectivity index (χ1) is 7.97. The number of nitrogens with one attached hydrogen (secondary N) is 1. The van der Waals surface area contributed by atoms with Gasteiger partial charge in [0.15, 0.2) is 0 Å². The molecule has 0 aromatic carbocycles. The van der Waals surface area contributed by atoms with Crippen LogP contribution in [0.3, 0.4) is 0 Å². The summed E-state index contributed by atoms with van der Waals surface area (Å²) in [5, 5.41) is 3.40. The number of alkyl halides is 3. The fourth-order valence-corrected chi connectivity index (χ4v) is 1.96. The van der Waals surface area contributed by atoms with Crippen LogP contribution in [-0.4, -0.2) is 57.0 Å². The van der Waals surface area contributed by atoms with E-state index < -0.39 is 12.8 Å². The lowest BCUT2D eigenvalue weighted by atomic mass is 10.0. The SMILES string of the molecule is CN(CCOCC(F)(F)F)CC1CCCCN1. The van der Waals surface area contributed by atoms with Gasteiger partial charge in [0.05, 0.1) is 6.61 Å². The lowest BCUT2D eigenvalue weighted by Gasteiger charge is -2.28. The molecule has 1 N–H and O–H groups in total. The van der Waals surface area contributed by atoms with Crippen molar-refractivity contribution in [2.75, 3.05) is 39.9 Å². The van der Waals surface area contributed by atoms with Gasteiger partial charge >= 0.3 is 6.18 Å². The van der Waals surface area contributed by atoms with Crippen LogP contribution in [0.15, 0.2) is 0 Å². The molecule has 1 atom stereocenters. The predicted molar refractivity (Wildman–Crippen MR) is 60.0 cm³/mol. The van der Waals surface area contributed by atoms with E-state index >= 15 is 0 Å². The summed E-state index contributed by atoms with van der Waals surface area (Å²) in [6.45, 7) is 1.43. The molecular formula is C11H21F3N2O. The fraction of sp³-hybridized carbons (Fsp3) is 1.00. The third-order valence-electron chi connectivity index (χ3n) is 2.83. The van der Waals surface area contributed by atoms with E-state index in [1.807, 2.05) is 11.9 Å². The standard InChI is InChI=1S/C11H21F3N2O/c1-16(6-7-17-9-11(12,13)14)8-10-4-2-3-5-15-10/h10,15H,2-9H2,1H3. The summed E-state index contributed by atoms with van der Waals surface area (Å²) in [6.07, 6.45) is -0.623. The van der Waals surface area contributed by atoms with Crippen molar-refractivity contribution in [2.24, 2.45) is 0 Å². The Morgan fingerprint density at radius 3 is 2.71 bits per heavy atom. The molecule has 1 aliphatic rings. The zero-order valence-corrected chi connectivity index (χ0v) is 10.2. The van der Waals surface area contributed by atoms with Gasteiger partial charge in [0, 0.05) is 19.1 Å². The smallest absolute Gasteiger partial charge is 0.371 e. The van der Waals surface area contributed by atoms with Crippen LogP contribution in [0.4, 0.5) is 13.2 Å². The van der Waals surface area contributed by atoms with E-state index in [0.29, 0.717) is 12.6 Å². The van der Waals surface area contributed by atoms with E-state index in [0.717, 1.165) is 19.5 Å². The van der Waals surface area contributed by atoms with Gasteiger partial charge in [-0.3, -0.25) is 0 Å². The Kier molecular flexibility index (Phi) is 6.22. The highest BCUT2D eigenvalue weighted by Crippen LogP contribution is 2.14. The van der Waals surface area contributed by atoms with Crippen molar-refractivity contribution >= 4 is 0 Å². The second-order valence-electron chi connectivity index (χ2n) is 4.58. The summed E-state index contributed by atoms with van der Waals surface area (Å²) in [4.78, 5) is 2.01. The van der Waals surface area contributed by atoms with Gasteiger partial charge in [-0.15, -0.1) is 0 Å². The van der Waals surface area contributed by atoms with E-state index in [4.69, 9.17) is 0 Å². The number of piperidine rings is 1. The van der Waals surface area contributed by atoms with Crippen LogP contribution in [-0.2, 0) is 4.74 Å². The molecule has 0 bridgehead atoms. The zero-order chi connectivity index (χ0) is 12.7. The molecule has 0 saturated carbocycles. The molecule has 1 unspecified atom stereocenters. The Bertz CT molecular complexity index is 205. The number of likely N-dealkylation sites (N-methyl/N-ethyl adjacent to an activating group) is 1. The second-order valence-corrected chi connectivity index (χ2v) is 4.58. The second kappa shape index (κ2) is 7.18. The maximum atomic E-state index is 11.8. The molecular weight excluding hydrogens is 233 g/mol. The minimum absolute atomic E-state index is 0.128. The van der Waals surface area contributed by atoms with Gasteiger partial charge in [-0.25, -0.2) is 0 Å². The molecule has 3 nitrogen and oxygen atoms in total. The van der Waals surface area contributed by atoms with Crippen molar-refractivity contribution in [3.63, 3.8) is 0 Å². The van der Waals surface area contributed by atoms with E-state index in [2.05, 4.69) is 10.1 Å². The van der Waals surface area contributed by atoms with E-state index in [9.17, 15) is 13.2 Å². The average molecular weight is 254 g/mol. The van der Waals surface area contributed by atoms with Crippen LogP contribution in [0.5, 0.6) is 0 Å². The summed E-state index contributed by atoms with van der Waals surface area (Å²) >= 11 is 0. The number of hydrogen-bond donors (Lipinski definition) is 1.